The minimum absolute atomic E-state index is 0. The van der Waals surface area contributed by atoms with Crippen molar-refractivity contribution in [2.24, 2.45) is 20.0 Å². The monoisotopic (exact) mass is 642 g/mol. The summed E-state index contributed by atoms with van der Waals surface area (Å²) in [7, 11) is 0. The van der Waals surface area contributed by atoms with Gasteiger partial charge in [-0.15, -0.1) is 0 Å². The minimum Gasteiger partial charge on any atom is -0.249 e. The first kappa shape index (κ1) is 30.4. The van der Waals surface area contributed by atoms with Gasteiger partial charge >= 0.3 is 0 Å². The van der Waals surface area contributed by atoms with Crippen molar-refractivity contribution in [3.8, 4) is 0 Å². The van der Waals surface area contributed by atoms with Gasteiger partial charge in [0.25, 0.3) is 0 Å². The number of aliphatic imine (C=N–C) groups is 4. The van der Waals surface area contributed by atoms with E-state index in [0.29, 0.717) is 0 Å². The number of fused-ring (bicyclic) bond motifs is 4. The average molecular weight is 643 g/mol. The quantitative estimate of drug-likeness (QED) is 0.201. The van der Waals surface area contributed by atoms with Gasteiger partial charge in [0.1, 0.15) is 0 Å². The highest BCUT2D eigenvalue weighted by Gasteiger charge is 2.32. The van der Waals surface area contributed by atoms with Crippen molar-refractivity contribution < 1.29 is 0 Å². The van der Waals surface area contributed by atoms with Crippen LogP contribution in [-0.2, 0) is 0 Å². The molecule has 8 bridgehead atoms. The molecular formula is C44H31AlN4. The Morgan fingerprint density at radius 2 is 0.816 bits per heavy atom. The lowest BCUT2D eigenvalue weighted by Gasteiger charge is -2.17. The van der Waals surface area contributed by atoms with Gasteiger partial charge in [-0.25, -0.2) is 20.0 Å². The van der Waals surface area contributed by atoms with Gasteiger partial charge in [0.2, 0.25) is 0 Å². The van der Waals surface area contributed by atoms with Crippen molar-refractivity contribution in [3.05, 3.63) is 215 Å². The van der Waals surface area contributed by atoms with E-state index in [1.54, 1.807) is 0 Å². The van der Waals surface area contributed by atoms with Crippen LogP contribution in [0.4, 0.5) is 0 Å². The molecule has 5 heterocycles. The number of benzene rings is 4. The Kier molecular flexibility index (Phi) is 7.99. The van der Waals surface area contributed by atoms with Crippen molar-refractivity contribution in [1.29, 1.82) is 0 Å². The molecule has 49 heavy (non-hydrogen) atoms. The highest BCUT2D eigenvalue weighted by Crippen LogP contribution is 2.46. The van der Waals surface area contributed by atoms with Crippen LogP contribution in [-0.4, -0.2) is 40.2 Å². The summed E-state index contributed by atoms with van der Waals surface area (Å²) in [6.07, 6.45) is 16.5. The van der Waals surface area contributed by atoms with E-state index >= 15 is 0 Å². The summed E-state index contributed by atoms with van der Waals surface area (Å²) in [6.45, 7) is 0. The maximum Gasteiger partial charge on any atom is 0.187 e. The second kappa shape index (κ2) is 12.9. The van der Waals surface area contributed by atoms with E-state index in [9.17, 15) is 0 Å². The summed E-state index contributed by atoms with van der Waals surface area (Å²) in [4.78, 5) is 20.8. The molecule has 0 aromatic heterocycles. The Morgan fingerprint density at radius 3 is 1.39 bits per heavy atom. The Balaban J connectivity index is 0.00000348. The van der Waals surface area contributed by atoms with Crippen molar-refractivity contribution in [1.82, 2.24) is 0 Å². The molecule has 5 aliphatic rings. The highest BCUT2D eigenvalue weighted by atomic mass is 27.0. The van der Waals surface area contributed by atoms with Crippen LogP contribution < -0.4 is 0 Å². The molecule has 0 saturated heterocycles. The lowest BCUT2D eigenvalue weighted by Crippen LogP contribution is -2.07. The zero-order valence-electron chi connectivity index (χ0n) is 26.0. The van der Waals surface area contributed by atoms with E-state index < -0.39 is 0 Å². The molecule has 5 heteroatoms. The molecule has 0 atom stereocenters. The van der Waals surface area contributed by atoms with E-state index in [2.05, 4.69) is 133 Å². The predicted molar refractivity (Wildman–Crippen MR) is 210 cm³/mol. The predicted octanol–water partition coefficient (Wildman–Crippen LogP) is 8.50. The van der Waals surface area contributed by atoms with Gasteiger partial charge < -0.3 is 0 Å². The summed E-state index contributed by atoms with van der Waals surface area (Å²) in [5.74, 6) is 0. The molecule has 0 aliphatic carbocycles. The smallest absolute Gasteiger partial charge is 0.187 e. The molecule has 0 spiro atoms. The zero-order valence-corrected chi connectivity index (χ0v) is 26.0. The molecule has 230 valence electrons. The van der Waals surface area contributed by atoms with Crippen LogP contribution in [0.5, 0.6) is 0 Å². The van der Waals surface area contributed by atoms with Crippen LogP contribution in [0.2, 0.25) is 0 Å². The molecule has 0 unspecified atom stereocenters. The number of hydrogen-bond acceptors (Lipinski definition) is 4. The fourth-order valence-electron chi connectivity index (χ4n) is 6.63. The summed E-state index contributed by atoms with van der Waals surface area (Å²) >= 11 is 0. The third-order valence-electron chi connectivity index (χ3n) is 8.75. The molecule has 4 nitrogen and oxygen atoms in total. The Hall–Kier alpha value is -5.99. The van der Waals surface area contributed by atoms with Crippen LogP contribution in [0.3, 0.4) is 0 Å². The Morgan fingerprint density at radius 1 is 0.347 bits per heavy atom. The Labute approximate surface area is 296 Å². The van der Waals surface area contributed by atoms with Gasteiger partial charge in [0.05, 0.1) is 45.6 Å². The summed E-state index contributed by atoms with van der Waals surface area (Å²) in [6, 6.07) is 42.1. The van der Waals surface area contributed by atoms with E-state index in [0.717, 1.165) is 90.2 Å². The fourth-order valence-corrected chi connectivity index (χ4v) is 6.63. The topological polar surface area (TPSA) is 49.4 Å². The lowest BCUT2D eigenvalue weighted by atomic mass is 9.86. The molecule has 5 aliphatic heterocycles. The molecule has 0 amide bonds. The molecule has 0 radical (unpaired) electrons. The molecule has 4 aromatic rings. The second-order valence-electron chi connectivity index (χ2n) is 11.9. The molecule has 0 fully saturated rings. The molecule has 9 rings (SSSR count). The minimum atomic E-state index is 0. The zero-order chi connectivity index (χ0) is 31.9. The van der Waals surface area contributed by atoms with Crippen molar-refractivity contribution in [2.45, 2.75) is 0 Å². The van der Waals surface area contributed by atoms with Crippen molar-refractivity contribution in [2.75, 3.05) is 0 Å². The van der Waals surface area contributed by atoms with Crippen LogP contribution in [0.25, 0.3) is 22.3 Å². The first-order valence-corrected chi connectivity index (χ1v) is 16.1. The maximum atomic E-state index is 5.56. The standard InChI is InChI=1S/C44H28N4.Al.3H/c1-5-13-29(14-6-1)38-27-37-26-35-22-21-33(45-35)25-34-23-24-36(46-34)28-39-40(30-15-7-2-8-16-30)41(31-17-9-3-10-18-31)44(48-39)42(43(38)47-37)32-19-11-4-12-20-32;;;;/h1-28H;;;;. The number of allylic oxidation sites excluding steroid dienone is 12. The molecule has 0 saturated carbocycles. The van der Waals surface area contributed by atoms with Crippen LogP contribution in [0, 0.1) is 0 Å². The second-order valence-corrected chi connectivity index (χ2v) is 11.9. The van der Waals surface area contributed by atoms with Crippen molar-refractivity contribution >= 4 is 62.5 Å². The number of hydrogen-bond donors (Lipinski definition) is 0. The SMILES string of the molecule is C1=CC2=NC1=CC1=NC(=C(c3ccccc3)C3=NC(=CC4=NC(=C2)C=C4)C=C3c2ccccc2)C(c2ccccc2)=C1c1ccccc1.[AlH3]. The van der Waals surface area contributed by atoms with Gasteiger partial charge in [-0.05, 0) is 70.9 Å². The van der Waals surface area contributed by atoms with E-state index in [1.165, 1.54) is 0 Å². The van der Waals surface area contributed by atoms with E-state index in [-0.39, 0.29) is 17.4 Å². The van der Waals surface area contributed by atoms with E-state index in [1.807, 2.05) is 36.4 Å². The lowest BCUT2D eigenvalue weighted by molar-refractivity contribution is 1.41. The molecule has 4 aromatic carbocycles. The average Bonchev–Trinajstić information content (AvgIpc) is 3.94. The largest absolute Gasteiger partial charge is 0.249 e. The first-order chi connectivity index (χ1) is 23.8. The van der Waals surface area contributed by atoms with Gasteiger partial charge in [0.15, 0.2) is 17.4 Å². The normalized spacial score (nSPS) is 17.5. The van der Waals surface area contributed by atoms with Crippen LogP contribution in [0.1, 0.15) is 22.3 Å². The van der Waals surface area contributed by atoms with Gasteiger partial charge in [0, 0.05) is 22.3 Å². The van der Waals surface area contributed by atoms with Crippen LogP contribution >= 0.6 is 0 Å². The Bertz CT molecular complexity index is 2380. The highest BCUT2D eigenvalue weighted by molar-refractivity contribution is 6.50. The van der Waals surface area contributed by atoms with Gasteiger partial charge in [-0.1, -0.05) is 121 Å². The maximum absolute atomic E-state index is 5.56. The van der Waals surface area contributed by atoms with Gasteiger partial charge in [-0.2, -0.15) is 0 Å². The number of nitrogens with zero attached hydrogens (tertiary/aromatic N) is 4. The molecular weight excluding hydrogens is 611 g/mol. The summed E-state index contributed by atoms with van der Waals surface area (Å²) in [5, 5.41) is 0. The first-order valence-electron chi connectivity index (χ1n) is 16.1. The fraction of sp³-hybridized carbons (Fsp3) is 0. The summed E-state index contributed by atoms with van der Waals surface area (Å²) < 4.78 is 0. The van der Waals surface area contributed by atoms with E-state index in [4.69, 9.17) is 20.0 Å². The third-order valence-corrected chi connectivity index (χ3v) is 8.75. The summed E-state index contributed by atoms with van der Waals surface area (Å²) in [5.41, 5.74) is 15.3. The number of rotatable bonds is 4. The van der Waals surface area contributed by atoms with Gasteiger partial charge in [-0.3, -0.25) is 0 Å². The van der Waals surface area contributed by atoms with Crippen molar-refractivity contribution in [3.63, 3.8) is 0 Å². The third kappa shape index (κ3) is 5.77. The molecule has 0 N–H and O–H groups in total. The van der Waals surface area contributed by atoms with Crippen LogP contribution in [0.15, 0.2) is 213 Å².